The van der Waals surface area contributed by atoms with E-state index >= 15 is 0 Å². The van der Waals surface area contributed by atoms with Crippen LogP contribution in [0.4, 0.5) is 5.00 Å². The zero-order valence-electron chi connectivity index (χ0n) is 17.1. The second-order valence-corrected chi connectivity index (χ2v) is 9.11. The van der Waals surface area contributed by atoms with Crippen molar-refractivity contribution in [2.75, 3.05) is 12.4 Å². The Bertz CT molecular complexity index is 918. The first kappa shape index (κ1) is 22.9. The summed E-state index contributed by atoms with van der Waals surface area (Å²) in [7, 11) is 1.29. The lowest BCUT2D eigenvalue weighted by atomic mass is 9.96. The third-order valence-corrected chi connectivity index (χ3v) is 5.72. The molecule has 29 heavy (non-hydrogen) atoms. The van der Waals surface area contributed by atoms with E-state index in [1.165, 1.54) is 18.4 Å². The first-order valence-corrected chi connectivity index (χ1v) is 10.3. The van der Waals surface area contributed by atoms with E-state index < -0.39 is 17.4 Å². The van der Waals surface area contributed by atoms with E-state index in [1.54, 1.807) is 37.3 Å². The van der Waals surface area contributed by atoms with E-state index in [0.29, 0.717) is 20.5 Å². The van der Waals surface area contributed by atoms with Crippen LogP contribution in [0.1, 0.15) is 54.0 Å². The molecule has 0 saturated carbocycles. The average Bonchev–Trinajstić information content (AvgIpc) is 3.01. The number of benzene rings is 1. The molecule has 0 radical (unpaired) electrons. The molecule has 2 N–H and O–H groups in total. The zero-order valence-corrected chi connectivity index (χ0v) is 18.7. The van der Waals surface area contributed by atoms with E-state index in [2.05, 4.69) is 10.6 Å². The van der Waals surface area contributed by atoms with Crippen molar-refractivity contribution in [3.63, 3.8) is 0 Å². The number of methoxy groups -OCH3 is 1. The minimum atomic E-state index is -0.641. The topological polar surface area (TPSA) is 84.5 Å². The van der Waals surface area contributed by atoms with Crippen molar-refractivity contribution in [2.45, 2.75) is 40.2 Å². The van der Waals surface area contributed by atoms with Crippen molar-refractivity contribution in [3.8, 4) is 0 Å². The molecule has 0 aliphatic carbocycles. The largest absolute Gasteiger partial charge is 0.469 e. The summed E-state index contributed by atoms with van der Waals surface area (Å²) >= 11 is 7.45. The normalized spacial score (nSPS) is 12.2. The van der Waals surface area contributed by atoms with Gasteiger partial charge in [0.1, 0.15) is 0 Å². The summed E-state index contributed by atoms with van der Waals surface area (Å²) in [6, 6.07) is 8.13. The van der Waals surface area contributed by atoms with Gasteiger partial charge in [0.05, 0.1) is 29.5 Å². The van der Waals surface area contributed by atoms with E-state index in [1.807, 2.05) is 20.8 Å². The number of anilines is 1. The van der Waals surface area contributed by atoms with Gasteiger partial charge in [-0.25, -0.2) is 0 Å². The number of aryl methyl sites for hydroxylation is 1. The van der Waals surface area contributed by atoms with Gasteiger partial charge in [-0.15, -0.1) is 11.3 Å². The zero-order chi connectivity index (χ0) is 21.8. The predicted molar refractivity (Wildman–Crippen MR) is 115 cm³/mol. The van der Waals surface area contributed by atoms with Crippen molar-refractivity contribution in [2.24, 2.45) is 5.41 Å². The minimum Gasteiger partial charge on any atom is -0.469 e. The molecule has 156 valence electrons. The number of halogens is 1. The van der Waals surface area contributed by atoms with Crippen LogP contribution < -0.4 is 10.6 Å². The smallest absolute Gasteiger partial charge is 0.307 e. The standard InChI is InChI=1S/C21H25ClN2O4S/c1-12-10-16(24-20(27)21(2,3)4)29-18(12)19(26)23-15(11-17(25)28-5)13-8-6-7-9-14(13)22/h6-10,15H,11H2,1-5H3,(H,23,26)(H,24,27). The summed E-state index contributed by atoms with van der Waals surface area (Å²) in [6.07, 6.45) is -0.0516. The number of nitrogens with one attached hydrogen (secondary N) is 2. The summed E-state index contributed by atoms with van der Waals surface area (Å²) in [5.74, 6) is -0.945. The average molecular weight is 437 g/mol. The van der Waals surface area contributed by atoms with Gasteiger partial charge in [0.25, 0.3) is 5.91 Å². The Balaban J connectivity index is 2.24. The highest BCUT2D eigenvalue weighted by Crippen LogP contribution is 2.30. The minimum absolute atomic E-state index is 0.0516. The molecule has 2 amide bonds. The molecule has 6 nitrogen and oxygen atoms in total. The monoisotopic (exact) mass is 436 g/mol. The summed E-state index contributed by atoms with van der Waals surface area (Å²) < 4.78 is 4.75. The molecule has 0 spiro atoms. The Morgan fingerprint density at radius 2 is 1.86 bits per heavy atom. The van der Waals surface area contributed by atoms with Crippen molar-refractivity contribution >= 4 is 45.7 Å². The fourth-order valence-corrected chi connectivity index (χ4v) is 3.78. The Morgan fingerprint density at radius 3 is 2.45 bits per heavy atom. The number of hydrogen-bond donors (Lipinski definition) is 2. The predicted octanol–water partition coefficient (Wildman–Crippen LogP) is 4.73. The molecule has 2 rings (SSSR count). The van der Waals surface area contributed by atoms with Crippen LogP contribution in [0.3, 0.4) is 0 Å². The quantitative estimate of drug-likeness (QED) is 0.641. The van der Waals surface area contributed by atoms with E-state index in [0.717, 1.165) is 5.56 Å². The molecular formula is C21H25ClN2O4S. The van der Waals surface area contributed by atoms with Gasteiger partial charge in [-0.2, -0.15) is 0 Å². The van der Waals surface area contributed by atoms with E-state index in [-0.39, 0.29) is 18.2 Å². The van der Waals surface area contributed by atoms with Crippen LogP contribution in [-0.2, 0) is 14.3 Å². The molecule has 1 atom stereocenters. The molecule has 2 aromatic rings. The van der Waals surface area contributed by atoms with Gasteiger partial charge in [0.15, 0.2) is 0 Å². The lowest BCUT2D eigenvalue weighted by Gasteiger charge is -2.19. The molecule has 1 aromatic heterocycles. The molecule has 0 saturated heterocycles. The fourth-order valence-electron chi connectivity index (χ4n) is 2.54. The molecule has 8 heteroatoms. The number of rotatable bonds is 6. The summed E-state index contributed by atoms with van der Waals surface area (Å²) in [4.78, 5) is 37.4. The lowest BCUT2D eigenvalue weighted by Crippen LogP contribution is -2.30. The van der Waals surface area contributed by atoms with Gasteiger partial charge >= 0.3 is 5.97 Å². The first-order chi connectivity index (χ1) is 13.5. The van der Waals surface area contributed by atoms with E-state index in [9.17, 15) is 14.4 Å². The van der Waals surface area contributed by atoms with Crippen LogP contribution in [0, 0.1) is 12.3 Å². The second kappa shape index (κ2) is 9.41. The molecular weight excluding hydrogens is 412 g/mol. The Kier molecular flexibility index (Phi) is 7.43. The van der Waals surface area contributed by atoms with E-state index in [4.69, 9.17) is 16.3 Å². The Morgan fingerprint density at radius 1 is 1.21 bits per heavy atom. The molecule has 0 aliphatic heterocycles. The van der Waals surface area contributed by atoms with Gasteiger partial charge < -0.3 is 15.4 Å². The van der Waals surface area contributed by atoms with Crippen molar-refractivity contribution in [1.29, 1.82) is 0 Å². The number of hydrogen-bond acceptors (Lipinski definition) is 5. The fraction of sp³-hybridized carbons (Fsp3) is 0.381. The molecule has 1 aromatic carbocycles. The van der Waals surface area contributed by atoms with Crippen molar-refractivity contribution < 1.29 is 19.1 Å². The van der Waals surface area contributed by atoms with Crippen molar-refractivity contribution in [1.82, 2.24) is 5.32 Å². The van der Waals surface area contributed by atoms with Gasteiger partial charge in [0, 0.05) is 10.4 Å². The van der Waals surface area contributed by atoms with Crippen LogP contribution in [0.5, 0.6) is 0 Å². The molecule has 0 bridgehead atoms. The second-order valence-electron chi connectivity index (χ2n) is 7.65. The number of esters is 1. The Hall–Kier alpha value is -2.38. The molecule has 1 heterocycles. The van der Waals surface area contributed by atoms with Gasteiger partial charge in [-0.1, -0.05) is 50.6 Å². The molecule has 0 fully saturated rings. The van der Waals surface area contributed by atoms with Gasteiger partial charge in [-0.3, -0.25) is 14.4 Å². The Labute approximate surface area is 179 Å². The van der Waals surface area contributed by atoms with Crippen LogP contribution in [-0.4, -0.2) is 24.9 Å². The van der Waals surface area contributed by atoms with Crippen LogP contribution in [0.2, 0.25) is 5.02 Å². The van der Waals surface area contributed by atoms with Gasteiger partial charge in [0.2, 0.25) is 5.91 Å². The number of carbonyl (C=O) groups excluding carboxylic acids is 3. The molecule has 1 unspecified atom stereocenters. The van der Waals surface area contributed by atoms with Crippen LogP contribution in [0.15, 0.2) is 30.3 Å². The SMILES string of the molecule is COC(=O)CC(NC(=O)c1sc(NC(=O)C(C)(C)C)cc1C)c1ccccc1Cl. The van der Waals surface area contributed by atoms with Crippen LogP contribution in [0.25, 0.3) is 0 Å². The maximum Gasteiger partial charge on any atom is 0.307 e. The summed E-state index contributed by atoms with van der Waals surface area (Å²) in [5.41, 5.74) is 0.812. The number of amides is 2. The lowest BCUT2D eigenvalue weighted by molar-refractivity contribution is -0.141. The maximum atomic E-state index is 12.9. The summed E-state index contributed by atoms with van der Waals surface area (Å²) in [6.45, 7) is 7.25. The first-order valence-electron chi connectivity index (χ1n) is 9.07. The maximum absolute atomic E-state index is 12.9. The highest BCUT2D eigenvalue weighted by atomic mass is 35.5. The highest BCUT2D eigenvalue weighted by Gasteiger charge is 2.25. The third kappa shape index (κ3) is 6.05. The number of carbonyl (C=O) groups is 3. The number of thiophene rings is 1. The summed E-state index contributed by atoms with van der Waals surface area (Å²) in [5, 5.41) is 6.74. The van der Waals surface area contributed by atoms with Crippen molar-refractivity contribution in [3.05, 3.63) is 51.4 Å². The third-order valence-electron chi connectivity index (χ3n) is 4.23. The molecule has 0 aliphatic rings. The number of ether oxygens (including phenoxy) is 1. The van der Waals surface area contributed by atoms with Crippen LogP contribution >= 0.6 is 22.9 Å². The van der Waals surface area contributed by atoms with Gasteiger partial charge in [-0.05, 0) is 30.2 Å². The highest BCUT2D eigenvalue weighted by molar-refractivity contribution is 7.18.